The first-order valence-electron chi connectivity index (χ1n) is 8.11. The number of aromatic amines is 1. The molecular weight excluding hydrogens is 350 g/mol. The van der Waals surface area contributed by atoms with Crippen LogP contribution in [0.3, 0.4) is 0 Å². The zero-order chi connectivity index (χ0) is 17.8. The molecule has 1 aliphatic heterocycles. The van der Waals surface area contributed by atoms with Gasteiger partial charge in [0.2, 0.25) is 5.13 Å². The third kappa shape index (κ3) is 2.07. The van der Waals surface area contributed by atoms with Crippen LogP contribution in [0.1, 0.15) is 33.3 Å². The molecule has 0 saturated carbocycles. The Labute approximate surface area is 151 Å². The van der Waals surface area contributed by atoms with Crippen molar-refractivity contribution in [2.75, 3.05) is 0 Å². The molecule has 0 unspecified atom stereocenters. The molecule has 26 heavy (non-hydrogen) atoms. The Morgan fingerprint density at radius 1 is 1.12 bits per heavy atom. The van der Waals surface area contributed by atoms with Gasteiger partial charge in [-0.05, 0) is 25.1 Å². The summed E-state index contributed by atoms with van der Waals surface area (Å²) >= 11 is 1.43. The predicted octanol–water partition coefficient (Wildman–Crippen LogP) is 3.34. The monoisotopic (exact) mass is 363 g/mol. The maximum absolute atomic E-state index is 13.1. The maximum atomic E-state index is 13.1. The summed E-state index contributed by atoms with van der Waals surface area (Å²) in [7, 11) is 0. The van der Waals surface area contributed by atoms with Gasteiger partial charge in [0, 0.05) is 11.3 Å². The number of carbonyl (C=O) groups is 1. The van der Waals surface area contributed by atoms with Crippen molar-refractivity contribution in [3.05, 3.63) is 81.3 Å². The van der Waals surface area contributed by atoms with Gasteiger partial charge in [-0.3, -0.25) is 9.89 Å². The lowest BCUT2D eigenvalue weighted by molar-refractivity contribution is 0.0453. The number of carbonyl (C=O) groups excluding carboxylic acids is 1. The van der Waals surface area contributed by atoms with Crippen LogP contribution in [0.25, 0.3) is 15.3 Å². The lowest BCUT2D eigenvalue weighted by atomic mass is 10.00. The number of aromatic nitrogens is 3. The minimum Gasteiger partial charge on any atom is -0.449 e. The topological polar surface area (TPSA) is 77.0 Å². The van der Waals surface area contributed by atoms with Crippen LogP contribution in [0.4, 0.5) is 0 Å². The van der Waals surface area contributed by atoms with Gasteiger partial charge in [0.05, 0.1) is 21.3 Å². The smallest absolute Gasteiger partial charge is 0.339 e. The summed E-state index contributed by atoms with van der Waals surface area (Å²) in [5, 5.41) is 3.63. The number of esters is 1. The molecule has 1 aliphatic rings. The number of cyclic esters (lactones) is 1. The van der Waals surface area contributed by atoms with Gasteiger partial charge >= 0.3 is 5.97 Å². The van der Waals surface area contributed by atoms with E-state index < -0.39 is 12.1 Å². The average molecular weight is 363 g/mol. The highest BCUT2D eigenvalue weighted by Gasteiger charge is 2.36. The number of benzene rings is 2. The van der Waals surface area contributed by atoms with Gasteiger partial charge in [-0.15, -0.1) is 0 Å². The lowest BCUT2D eigenvalue weighted by Gasteiger charge is -2.08. The number of hydrogen-bond acceptors (Lipinski definition) is 5. The summed E-state index contributed by atoms with van der Waals surface area (Å²) in [6, 6.07) is 14.9. The van der Waals surface area contributed by atoms with Crippen LogP contribution in [0, 0.1) is 6.92 Å². The molecule has 2 aromatic carbocycles. The number of fused-ring (bicyclic) bond motifs is 2. The molecule has 5 rings (SSSR count). The van der Waals surface area contributed by atoms with E-state index in [0.29, 0.717) is 27.5 Å². The molecular formula is C19H13N3O3S. The second kappa shape index (κ2) is 5.40. The van der Waals surface area contributed by atoms with Crippen LogP contribution in [-0.2, 0) is 4.74 Å². The van der Waals surface area contributed by atoms with E-state index in [-0.39, 0.29) is 5.56 Å². The van der Waals surface area contributed by atoms with Crippen molar-refractivity contribution < 1.29 is 9.53 Å². The fourth-order valence-electron chi connectivity index (χ4n) is 3.32. The Bertz CT molecular complexity index is 1200. The zero-order valence-electron chi connectivity index (χ0n) is 13.7. The first-order chi connectivity index (χ1) is 12.6. The summed E-state index contributed by atoms with van der Waals surface area (Å²) in [5.74, 6) is -0.405. The van der Waals surface area contributed by atoms with Crippen LogP contribution < -0.4 is 5.56 Å². The molecule has 0 radical (unpaired) electrons. The summed E-state index contributed by atoms with van der Waals surface area (Å²) < 4.78 is 7.92. The van der Waals surface area contributed by atoms with Crippen LogP contribution in [0.2, 0.25) is 0 Å². The van der Waals surface area contributed by atoms with Crippen LogP contribution in [0.5, 0.6) is 0 Å². The number of para-hydroxylation sites is 1. The standard InChI is InChI=1S/C19H13N3O3S/c1-10-15(16-11-6-2-3-7-12(11)18(24)25-16)17(23)22(21-10)19-20-13-8-4-5-9-14(13)26-19/h2-9,16,21H,1H3/t16-/m1/s1. The van der Waals surface area contributed by atoms with E-state index in [2.05, 4.69) is 10.1 Å². The van der Waals surface area contributed by atoms with E-state index in [4.69, 9.17) is 4.74 Å². The second-order valence-corrected chi connectivity index (χ2v) is 7.14. The van der Waals surface area contributed by atoms with E-state index in [1.54, 1.807) is 19.1 Å². The number of nitrogens with zero attached hydrogens (tertiary/aromatic N) is 2. The molecule has 1 atom stereocenters. The molecule has 0 amide bonds. The van der Waals surface area contributed by atoms with Gasteiger partial charge in [-0.25, -0.2) is 9.78 Å². The quantitative estimate of drug-likeness (QED) is 0.554. The van der Waals surface area contributed by atoms with Crippen molar-refractivity contribution in [2.45, 2.75) is 13.0 Å². The number of H-pyrrole nitrogens is 1. The van der Waals surface area contributed by atoms with E-state index in [1.807, 2.05) is 36.4 Å². The molecule has 0 aliphatic carbocycles. The largest absolute Gasteiger partial charge is 0.449 e. The van der Waals surface area contributed by atoms with E-state index in [1.165, 1.54) is 16.0 Å². The van der Waals surface area contributed by atoms with E-state index in [9.17, 15) is 9.59 Å². The first-order valence-corrected chi connectivity index (χ1v) is 8.92. The zero-order valence-corrected chi connectivity index (χ0v) is 14.5. The molecule has 2 aromatic heterocycles. The van der Waals surface area contributed by atoms with E-state index >= 15 is 0 Å². The maximum Gasteiger partial charge on any atom is 0.339 e. The molecule has 0 spiro atoms. The normalized spacial score (nSPS) is 16.0. The minimum absolute atomic E-state index is 0.254. The number of aryl methyl sites for hydroxylation is 1. The Balaban J connectivity index is 1.67. The summed E-state index contributed by atoms with van der Waals surface area (Å²) in [4.78, 5) is 29.7. The lowest BCUT2D eigenvalue weighted by Crippen LogP contribution is -2.20. The molecule has 128 valence electrons. The summed E-state index contributed by atoms with van der Waals surface area (Å²) in [6.45, 7) is 1.80. The molecule has 7 heteroatoms. The van der Waals surface area contributed by atoms with Crippen LogP contribution in [-0.4, -0.2) is 20.7 Å². The van der Waals surface area contributed by atoms with Crippen molar-refractivity contribution in [3.63, 3.8) is 0 Å². The highest BCUT2D eigenvalue weighted by molar-refractivity contribution is 7.20. The Kier molecular flexibility index (Phi) is 3.14. The van der Waals surface area contributed by atoms with Gasteiger partial charge in [0.25, 0.3) is 5.56 Å². The van der Waals surface area contributed by atoms with Crippen molar-refractivity contribution in [2.24, 2.45) is 0 Å². The van der Waals surface area contributed by atoms with E-state index in [0.717, 1.165) is 10.2 Å². The van der Waals surface area contributed by atoms with Gasteiger partial charge < -0.3 is 4.74 Å². The Morgan fingerprint density at radius 3 is 2.73 bits per heavy atom. The van der Waals surface area contributed by atoms with Crippen molar-refractivity contribution >= 4 is 27.5 Å². The fraction of sp³-hybridized carbons (Fsp3) is 0.105. The minimum atomic E-state index is -0.696. The van der Waals surface area contributed by atoms with Gasteiger partial charge in [-0.2, -0.15) is 4.68 Å². The molecule has 4 aromatic rings. The molecule has 0 fully saturated rings. The Hall–Kier alpha value is -3.19. The first kappa shape index (κ1) is 15.1. The third-order valence-corrected chi connectivity index (χ3v) is 5.56. The summed E-state index contributed by atoms with van der Waals surface area (Å²) in [5.41, 5.74) is 2.89. The summed E-state index contributed by atoms with van der Waals surface area (Å²) in [6.07, 6.45) is -0.696. The molecule has 1 N–H and O–H groups in total. The number of hydrogen-bond donors (Lipinski definition) is 1. The number of rotatable bonds is 2. The Morgan fingerprint density at radius 2 is 1.88 bits per heavy atom. The SMILES string of the molecule is Cc1[nH]n(-c2nc3ccccc3s2)c(=O)c1[C@@H]1OC(=O)c2ccccc21. The number of ether oxygens (including phenoxy) is 1. The highest BCUT2D eigenvalue weighted by atomic mass is 32.1. The van der Waals surface area contributed by atoms with Gasteiger partial charge in [0.15, 0.2) is 6.10 Å². The second-order valence-electron chi connectivity index (χ2n) is 6.13. The number of nitrogens with one attached hydrogen (secondary N) is 1. The predicted molar refractivity (Wildman–Crippen MR) is 98.0 cm³/mol. The highest BCUT2D eigenvalue weighted by Crippen LogP contribution is 2.35. The van der Waals surface area contributed by atoms with Crippen molar-refractivity contribution in [1.29, 1.82) is 0 Å². The van der Waals surface area contributed by atoms with Crippen molar-refractivity contribution in [3.8, 4) is 5.13 Å². The van der Waals surface area contributed by atoms with Gasteiger partial charge in [-0.1, -0.05) is 41.7 Å². The molecule has 6 nitrogen and oxygen atoms in total. The van der Waals surface area contributed by atoms with Crippen LogP contribution >= 0.6 is 11.3 Å². The molecule has 0 bridgehead atoms. The number of thiazole rings is 1. The van der Waals surface area contributed by atoms with Crippen molar-refractivity contribution in [1.82, 2.24) is 14.8 Å². The molecule has 3 heterocycles. The average Bonchev–Trinajstić information content (AvgIpc) is 3.29. The van der Waals surface area contributed by atoms with Gasteiger partial charge in [0.1, 0.15) is 0 Å². The fourth-order valence-corrected chi connectivity index (χ4v) is 4.24. The van der Waals surface area contributed by atoms with Crippen LogP contribution in [0.15, 0.2) is 53.3 Å². The third-order valence-electron chi connectivity index (χ3n) is 4.54. The molecule has 0 saturated heterocycles.